The van der Waals surface area contributed by atoms with Crippen molar-refractivity contribution in [2.45, 2.75) is 4.90 Å². The van der Waals surface area contributed by atoms with Crippen molar-refractivity contribution >= 4 is 39.0 Å². The minimum absolute atomic E-state index is 0.0424. The van der Waals surface area contributed by atoms with Gasteiger partial charge in [0.15, 0.2) is 0 Å². The van der Waals surface area contributed by atoms with E-state index in [1.54, 1.807) is 18.2 Å². The molecule has 18 heavy (non-hydrogen) atoms. The lowest BCUT2D eigenvalue weighted by atomic mass is 10.4. The number of nitrogens with zero attached hydrogens (tertiary/aromatic N) is 1. The Hall–Kier alpha value is -1.30. The predicted octanol–water partition coefficient (Wildman–Crippen LogP) is 3.19. The highest BCUT2D eigenvalue weighted by atomic mass is 35.5. The van der Waals surface area contributed by atoms with E-state index in [9.17, 15) is 8.42 Å². The van der Waals surface area contributed by atoms with Crippen LogP contribution in [0, 0.1) is 0 Å². The van der Waals surface area contributed by atoms with Crippen molar-refractivity contribution in [3.05, 3.63) is 52.6 Å². The number of hydrogen-bond acceptors (Lipinski definition) is 3. The van der Waals surface area contributed by atoms with Gasteiger partial charge in [-0.15, -0.1) is 0 Å². The predicted molar refractivity (Wildman–Crippen MR) is 71.5 cm³/mol. The third kappa shape index (κ3) is 2.93. The van der Waals surface area contributed by atoms with Crippen LogP contribution in [0.15, 0.2) is 47.5 Å². The molecule has 2 rings (SSSR count). The van der Waals surface area contributed by atoms with Crippen molar-refractivity contribution in [2.75, 3.05) is 4.72 Å². The summed E-state index contributed by atoms with van der Waals surface area (Å²) in [7, 11) is -3.76. The highest BCUT2D eigenvalue weighted by Crippen LogP contribution is 2.26. The summed E-state index contributed by atoms with van der Waals surface area (Å²) in [5.74, 6) is 0.225. The molecule has 0 spiro atoms. The van der Waals surface area contributed by atoms with E-state index in [4.69, 9.17) is 23.2 Å². The van der Waals surface area contributed by atoms with E-state index in [1.165, 1.54) is 24.4 Å². The zero-order chi connectivity index (χ0) is 13.2. The quantitative estimate of drug-likeness (QED) is 0.947. The van der Waals surface area contributed by atoms with Crippen LogP contribution in [0.1, 0.15) is 0 Å². The van der Waals surface area contributed by atoms with Crippen molar-refractivity contribution in [1.29, 1.82) is 0 Å². The Balaban J connectivity index is 2.37. The van der Waals surface area contributed by atoms with Gasteiger partial charge in [-0.05, 0) is 30.3 Å². The lowest BCUT2D eigenvalue weighted by Gasteiger charge is -2.08. The number of aromatic nitrogens is 1. The van der Waals surface area contributed by atoms with Gasteiger partial charge in [-0.25, -0.2) is 13.4 Å². The summed E-state index contributed by atoms with van der Waals surface area (Å²) in [5, 5.41) is 0.433. The molecule has 0 bridgehead atoms. The molecule has 0 radical (unpaired) electrons. The van der Waals surface area contributed by atoms with Gasteiger partial charge in [0.25, 0.3) is 10.0 Å². The van der Waals surface area contributed by atoms with E-state index in [-0.39, 0.29) is 15.7 Å². The van der Waals surface area contributed by atoms with Crippen LogP contribution in [-0.2, 0) is 10.0 Å². The van der Waals surface area contributed by atoms with Crippen molar-refractivity contribution in [3.63, 3.8) is 0 Å². The average molecular weight is 303 g/mol. The Labute approximate surface area is 115 Å². The number of anilines is 1. The molecule has 0 aliphatic heterocycles. The van der Waals surface area contributed by atoms with E-state index in [1.807, 2.05) is 0 Å². The summed E-state index contributed by atoms with van der Waals surface area (Å²) >= 11 is 11.6. The Morgan fingerprint density at radius 1 is 1.11 bits per heavy atom. The van der Waals surface area contributed by atoms with Crippen molar-refractivity contribution in [1.82, 2.24) is 4.98 Å². The average Bonchev–Trinajstić information content (AvgIpc) is 2.29. The molecule has 0 amide bonds. The second-order valence-electron chi connectivity index (χ2n) is 3.40. The Morgan fingerprint density at radius 2 is 1.89 bits per heavy atom. The largest absolute Gasteiger partial charge is 0.264 e. The minimum atomic E-state index is -3.76. The van der Waals surface area contributed by atoms with Crippen LogP contribution in [0.5, 0.6) is 0 Å². The molecule has 1 N–H and O–H groups in total. The molecule has 0 saturated carbocycles. The van der Waals surface area contributed by atoms with Crippen molar-refractivity contribution < 1.29 is 8.42 Å². The zero-order valence-corrected chi connectivity index (χ0v) is 11.3. The zero-order valence-electron chi connectivity index (χ0n) is 8.97. The molecular formula is C11H8Cl2N2O2S. The number of sulfonamides is 1. The molecule has 94 valence electrons. The molecule has 7 heteroatoms. The number of pyridine rings is 1. The fourth-order valence-electron chi connectivity index (χ4n) is 1.31. The van der Waals surface area contributed by atoms with E-state index in [0.717, 1.165) is 0 Å². The van der Waals surface area contributed by atoms with Gasteiger partial charge in [0.2, 0.25) is 0 Å². The van der Waals surface area contributed by atoms with Gasteiger partial charge in [0, 0.05) is 11.2 Å². The van der Waals surface area contributed by atoms with Gasteiger partial charge in [-0.3, -0.25) is 4.72 Å². The van der Waals surface area contributed by atoms with Gasteiger partial charge < -0.3 is 0 Å². The first-order chi connectivity index (χ1) is 8.49. The molecule has 0 unspecified atom stereocenters. The van der Waals surface area contributed by atoms with Gasteiger partial charge >= 0.3 is 0 Å². The Morgan fingerprint density at radius 3 is 2.50 bits per heavy atom. The van der Waals surface area contributed by atoms with E-state index < -0.39 is 10.0 Å². The standard InChI is InChI=1S/C11H8Cl2N2O2S/c12-8-4-5-10(9(13)7-8)18(16,17)15-11-3-1-2-6-14-11/h1-7H,(H,14,15). The van der Waals surface area contributed by atoms with Gasteiger partial charge in [0.1, 0.15) is 10.7 Å². The van der Waals surface area contributed by atoms with E-state index >= 15 is 0 Å². The van der Waals surface area contributed by atoms with Gasteiger partial charge in [-0.2, -0.15) is 0 Å². The lowest BCUT2D eigenvalue weighted by molar-refractivity contribution is 0.601. The third-order valence-corrected chi connectivity index (χ3v) is 4.16. The highest BCUT2D eigenvalue weighted by molar-refractivity contribution is 7.92. The Bertz CT molecular complexity index is 660. The maximum absolute atomic E-state index is 12.1. The molecule has 4 nitrogen and oxygen atoms in total. The van der Waals surface area contributed by atoms with Crippen LogP contribution in [0.2, 0.25) is 10.0 Å². The maximum atomic E-state index is 12.1. The smallest absolute Gasteiger partial charge is 0.263 e. The van der Waals surface area contributed by atoms with Crippen LogP contribution in [-0.4, -0.2) is 13.4 Å². The Kier molecular flexibility index (Phi) is 3.75. The molecular weight excluding hydrogens is 295 g/mol. The molecule has 1 heterocycles. The second kappa shape index (κ2) is 5.14. The third-order valence-electron chi connectivity index (χ3n) is 2.09. The first kappa shape index (κ1) is 13.1. The molecule has 0 fully saturated rings. The number of hydrogen-bond donors (Lipinski definition) is 1. The van der Waals surface area contributed by atoms with Gasteiger partial charge in [0.05, 0.1) is 5.02 Å². The van der Waals surface area contributed by atoms with Crippen LogP contribution in [0.3, 0.4) is 0 Å². The molecule has 1 aromatic carbocycles. The number of rotatable bonds is 3. The molecule has 0 aliphatic carbocycles. The molecule has 1 aromatic heterocycles. The number of nitrogens with one attached hydrogen (secondary N) is 1. The first-order valence-electron chi connectivity index (χ1n) is 4.88. The molecule has 0 saturated heterocycles. The van der Waals surface area contributed by atoms with Crippen LogP contribution in [0.25, 0.3) is 0 Å². The van der Waals surface area contributed by atoms with Gasteiger partial charge in [-0.1, -0.05) is 29.3 Å². The van der Waals surface area contributed by atoms with Crippen molar-refractivity contribution in [3.8, 4) is 0 Å². The lowest BCUT2D eigenvalue weighted by Crippen LogP contribution is -2.14. The SMILES string of the molecule is O=S(=O)(Nc1ccccn1)c1ccc(Cl)cc1Cl. The maximum Gasteiger partial charge on any atom is 0.264 e. The summed E-state index contributed by atoms with van der Waals surface area (Å²) in [5.41, 5.74) is 0. The topological polar surface area (TPSA) is 59.1 Å². The van der Waals surface area contributed by atoms with Crippen LogP contribution in [0.4, 0.5) is 5.82 Å². The van der Waals surface area contributed by atoms with Crippen LogP contribution >= 0.6 is 23.2 Å². The summed E-state index contributed by atoms with van der Waals surface area (Å²) in [4.78, 5) is 3.83. The van der Waals surface area contributed by atoms with Crippen molar-refractivity contribution in [2.24, 2.45) is 0 Å². The number of benzene rings is 1. The van der Waals surface area contributed by atoms with E-state index in [0.29, 0.717) is 5.02 Å². The van der Waals surface area contributed by atoms with Crippen LogP contribution < -0.4 is 4.72 Å². The second-order valence-corrected chi connectivity index (χ2v) is 5.89. The molecule has 2 aromatic rings. The highest BCUT2D eigenvalue weighted by Gasteiger charge is 2.18. The fourth-order valence-corrected chi connectivity index (χ4v) is 3.09. The number of halogens is 2. The first-order valence-corrected chi connectivity index (χ1v) is 7.12. The molecule has 0 atom stereocenters. The summed E-state index contributed by atoms with van der Waals surface area (Å²) in [6, 6.07) is 9.08. The minimum Gasteiger partial charge on any atom is -0.263 e. The summed E-state index contributed by atoms with van der Waals surface area (Å²) < 4.78 is 26.4. The fraction of sp³-hybridized carbons (Fsp3) is 0. The normalized spacial score (nSPS) is 11.2. The molecule has 0 aliphatic rings. The monoisotopic (exact) mass is 302 g/mol. The summed E-state index contributed by atoms with van der Waals surface area (Å²) in [6.45, 7) is 0. The summed E-state index contributed by atoms with van der Waals surface area (Å²) in [6.07, 6.45) is 1.49. The van der Waals surface area contributed by atoms with E-state index in [2.05, 4.69) is 9.71 Å².